The van der Waals surface area contributed by atoms with Gasteiger partial charge in [0.25, 0.3) is 0 Å². The molecule has 1 aromatic rings. The highest BCUT2D eigenvalue weighted by Gasteiger charge is 2.32. The van der Waals surface area contributed by atoms with Crippen molar-refractivity contribution < 1.29 is 13.5 Å². The molecule has 0 aliphatic carbocycles. The van der Waals surface area contributed by atoms with Crippen molar-refractivity contribution in [2.75, 3.05) is 0 Å². The summed E-state index contributed by atoms with van der Waals surface area (Å²) in [5.74, 6) is -1.18. The number of benzene rings is 1. The standard InChI is InChI=1S/C14H21F2NO/c1-5-11(17)13(14(2,3)4)18-12-8-9(15)6-7-10(12)16/h6-8,11,13H,5,17H2,1-4H3. The summed E-state index contributed by atoms with van der Waals surface area (Å²) >= 11 is 0. The van der Waals surface area contributed by atoms with Gasteiger partial charge in [-0.3, -0.25) is 0 Å². The molecule has 2 N–H and O–H groups in total. The van der Waals surface area contributed by atoms with Gasteiger partial charge in [-0.2, -0.15) is 0 Å². The molecule has 0 aliphatic rings. The predicted octanol–water partition coefficient (Wildman–Crippen LogP) is 3.50. The molecule has 2 atom stereocenters. The Morgan fingerprint density at radius 1 is 1.28 bits per heavy atom. The molecule has 2 nitrogen and oxygen atoms in total. The Labute approximate surface area is 107 Å². The molecule has 0 aliphatic heterocycles. The first kappa shape index (κ1) is 14.9. The number of rotatable bonds is 4. The van der Waals surface area contributed by atoms with Crippen molar-refractivity contribution in [2.24, 2.45) is 11.1 Å². The van der Waals surface area contributed by atoms with Crippen LogP contribution in [0.15, 0.2) is 18.2 Å². The molecule has 2 unspecified atom stereocenters. The van der Waals surface area contributed by atoms with Gasteiger partial charge in [-0.05, 0) is 18.6 Å². The van der Waals surface area contributed by atoms with E-state index in [1.165, 1.54) is 0 Å². The molecule has 18 heavy (non-hydrogen) atoms. The monoisotopic (exact) mass is 257 g/mol. The minimum Gasteiger partial charge on any atom is -0.485 e. The lowest BCUT2D eigenvalue weighted by Crippen LogP contribution is -2.47. The van der Waals surface area contributed by atoms with Crippen LogP contribution in [0.5, 0.6) is 5.75 Å². The summed E-state index contributed by atoms with van der Waals surface area (Å²) in [7, 11) is 0. The predicted molar refractivity (Wildman–Crippen MR) is 68.5 cm³/mol. The van der Waals surface area contributed by atoms with E-state index in [4.69, 9.17) is 10.5 Å². The van der Waals surface area contributed by atoms with Gasteiger partial charge in [0.2, 0.25) is 0 Å². The largest absolute Gasteiger partial charge is 0.485 e. The summed E-state index contributed by atoms with van der Waals surface area (Å²) in [6, 6.07) is 2.94. The van der Waals surface area contributed by atoms with Crippen LogP contribution in [0.25, 0.3) is 0 Å². The van der Waals surface area contributed by atoms with Crippen LogP contribution >= 0.6 is 0 Å². The van der Waals surface area contributed by atoms with E-state index < -0.39 is 11.6 Å². The summed E-state index contributed by atoms with van der Waals surface area (Å²) in [5, 5.41) is 0. The number of ether oxygens (including phenoxy) is 1. The molecule has 0 amide bonds. The number of halogens is 2. The Morgan fingerprint density at radius 2 is 1.89 bits per heavy atom. The fourth-order valence-electron chi connectivity index (χ4n) is 1.82. The smallest absolute Gasteiger partial charge is 0.165 e. The lowest BCUT2D eigenvalue weighted by Gasteiger charge is -2.35. The maximum absolute atomic E-state index is 13.6. The van der Waals surface area contributed by atoms with E-state index >= 15 is 0 Å². The van der Waals surface area contributed by atoms with E-state index in [2.05, 4.69) is 0 Å². The molecule has 102 valence electrons. The van der Waals surface area contributed by atoms with Crippen LogP contribution in [-0.2, 0) is 0 Å². The van der Waals surface area contributed by atoms with Gasteiger partial charge in [-0.25, -0.2) is 8.78 Å². The Morgan fingerprint density at radius 3 is 2.39 bits per heavy atom. The minimum atomic E-state index is -0.575. The molecular weight excluding hydrogens is 236 g/mol. The number of nitrogens with two attached hydrogens (primary N) is 1. The summed E-state index contributed by atoms with van der Waals surface area (Å²) in [6.07, 6.45) is 0.331. The first-order chi connectivity index (χ1) is 8.25. The SMILES string of the molecule is CCC(N)C(Oc1cc(F)ccc1F)C(C)(C)C. The first-order valence-electron chi connectivity index (χ1n) is 6.13. The van der Waals surface area contributed by atoms with Gasteiger partial charge in [0.05, 0.1) is 0 Å². The van der Waals surface area contributed by atoms with Crippen LogP contribution in [0.2, 0.25) is 0 Å². The number of hydrogen-bond acceptors (Lipinski definition) is 2. The number of hydrogen-bond donors (Lipinski definition) is 1. The fourth-order valence-corrected chi connectivity index (χ4v) is 1.82. The van der Waals surface area contributed by atoms with E-state index in [1.54, 1.807) is 0 Å². The van der Waals surface area contributed by atoms with E-state index in [1.807, 2.05) is 27.7 Å². The maximum Gasteiger partial charge on any atom is 0.165 e. The molecule has 0 saturated carbocycles. The molecule has 0 fully saturated rings. The Hall–Kier alpha value is -1.16. The van der Waals surface area contributed by atoms with Crippen molar-refractivity contribution in [3.8, 4) is 5.75 Å². The third-order valence-electron chi connectivity index (χ3n) is 2.86. The summed E-state index contributed by atoms with van der Waals surface area (Å²) in [4.78, 5) is 0. The summed E-state index contributed by atoms with van der Waals surface area (Å²) in [5.41, 5.74) is 5.74. The first-order valence-corrected chi connectivity index (χ1v) is 6.13. The zero-order valence-corrected chi connectivity index (χ0v) is 11.3. The second-order valence-electron chi connectivity index (χ2n) is 5.55. The van der Waals surface area contributed by atoms with E-state index in [0.29, 0.717) is 6.42 Å². The van der Waals surface area contributed by atoms with Crippen LogP contribution in [0.3, 0.4) is 0 Å². The topological polar surface area (TPSA) is 35.2 Å². The minimum absolute atomic E-state index is 0.0844. The molecule has 4 heteroatoms. The van der Waals surface area contributed by atoms with E-state index in [0.717, 1.165) is 18.2 Å². The van der Waals surface area contributed by atoms with Gasteiger partial charge < -0.3 is 10.5 Å². The second kappa shape index (κ2) is 5.65. The van der Waals surface area contributed by atoms with Crippen LogP contribution in [0, 0.1) is 17.0 Å². The molecule has 1 rings (SSSR count). The Kier molecular flexibility index (Phi) is 4.68. The van der Waals surface area contributed by atoms with Crippen molar-refractivity contribution in [3.05, 3.63) is 29.8 Å². The van der Waals surface area contributed by atoms with E-state index in [9.17, 15) is 8.78 Å². The molecule has 0 radical (unpaired) electrons. The van der Waals surface area contributed by atoms with Crippen molar-refractivity contribution >= 4 is 0 Å². The van der Waals surface area contributed by atoms with Gasteiger partial charge in [0.1, 0.15) is 11.9 Å². The normalized spacial score (nSPS) is 15.3. The molecule has 0 saturated heterocycles. The summed E-state index contributed by atoms with van der Waals surface area (Å²) < 4.78 is 32.3. The molecule has 0 heterocycles. The zero-order chi connectivity index (χ0) is 13.9. The summed E-state index contributed by atoms with van der Waals surface area (Å²) in [6.45, 7) is 7.83. The average molecular weight is 257 g/mol. The maximum atomic E-state index is 13.6. The van der Waals surface area contributed by atoms with Gasteiger partial charge in [-0.1, -0.05) is 27.7 Å². The molecular formula is C14H21F2NO. The highest BCUT2D eigenvalue weighted by molar-refractivity contribution is 5.25. The average Bonchev–Trinajstić information content (AvgIpc) is 2.27. The van der Waals surface area contributed by atoms with Gasteiger partial charge in [0.15, 0.2) is 11.6 Å². The second-order valence-corrected chi connectivity index (χ2v) is 5.55. The molecule has 0 bridgehead atoms. The molecule has 0 spiro atoms. The third kappa shape index (κ3) is 3.67. The van der Waals surface area contributed by atoms with Crippen LogP contribution < -0.4 is 10.5 Å². The van der Waals surface area contributed by atoms with Crippen molar-refractivity contribution in [1.29, 1.82) is 0 Å². The zero-order valence-electron chi connectivity index (χ0n) is 11.3. The Balaban J connectivity index is 3.00. The van der Waals surface area contributed by atoms with Crippen LogP contribution in [0.1, 0.15) is 34.1 Å². The van der Waals surface area contributed by atoms with Crippen molar-refractivity contribution in [2.45, 2.75) is 46.3 Å². The quantitative estimate of drug-likeness (QED) is 0.896. The molecule has 0 aromatic heterocycles. The third-order valence-corrected chi connectivity index (χ3v) is 2.86. The van der Waals surface area contributed by atoms with Gasteiger partial charge in [0, 0.05) is 17.5 Å². The lowest BCUT2D eigenvalue weighted by molar-refractivity contribution is 0.0583. The highest BCUT2D eigenvalue weighted by atomic mass is 19.1. The van der Waals surface area contributed by atoms with Crippen LogP contribution in [0.4, 0.5) is 8.78 Å². The van der Waals surface area contributed by atoms with Crippen molar-refractivity contribution in [1.82, 2.24) is 0 Å². The van der Waals surface area contributed by atoms with Crippen molar-refractivity contribution in [3.63, 3.8) is 0 Å². The van der Waals surface area contributed by atoms with Crippen LogP contribution in [-0.4, -0.2) is 12.1 Å². The molecule has 1 aromatic carbocycles. The highest BCUT2D eigenvalue weighted by Crippen LogP contribution is 2.29. The lowest BCUT2D eigenvalue weighted by atomic mass is 9.84. The fraction of sp³-hybridized carbons (Fsp3) is 0.571. The van der Waals surface area contributed by atoms with Gasteiger partial charge in [-0.15, -0.1) is 0 Å². The Bertz CT molecular complexity index is 401. The van der Waals surface area contributed by atoms with E-state index in [-0.39, 0.29) is 23.3 Å². The van der Waals surface area contributed by atoms with Gasteiger partial charge >= 0.3 is 0 Å².